The predicted octanol–water partition coefficient (Wildman–Crippen LogP) is 10.4. The van der Waals surface area contributed by atoms with Crippen molar-refractivity contribution in [1.29, 1.82) is 0 Å². The average molecular weight is 543 g/mol. The van der Waals surface area contributed by atoms with Crippen LogP contribution in [0.1, 0.15) is 129 Å². The second-order valence-corrected chi connectivity index (χ2v) is 13.0. The number of allylic oxidation sites excluding steroid dienone is 2. The number of aryl methyl sites for hydroxylation is 1. The number of unbranched alkanes of at least 4 members (excludes halogenated alkanes) is 4. The molecule has 3 aliphatic rings. The maximum absolute atomic E-state index is 14.6. The van der Waals surface area contributed by atoms with Crippen molar-refractivity contribution < 1.29 is 18.3 Å². The van der Waals surface area contributed by atoms with E-state index in [0.29, 0.717) is 24.3 Å². The lowest BCUT2D eigenvalue weighted by Crippen LogP contribution is -2.35. The van der Waals surface area contributed by atoms with Crippen molar-refractivity contribution in [3.63, 3.8) is 0 Å². The van der Waals surface area contributed by atoms with Gasteiger partial charge in [0.05, 0.1) is 5.92 Å². The van der Waals surface area contributed by atoms with Crippen LogP contribution >= 0.6 is 0 Å². The summed E-state index contributed by atoms with van der Waals surface area (Å²) >= 11 is 0. The summed E-state index contributed by atoms with van der Waals surface area (Å²) in [7, 11) is 0. The van der Waals surface area contributed by atoms with Gasteiger partial charge in [0.1, 0.15) is 0 Å². The molecular weight excluding hydrogens is 490 g/mol. The van der Waals surface area contributed by atoms with Crippen LogP contribution in [-0.2, 0) is 11.2 Å². The molecule has 1 aromatic carbocycles. The summed E-state index contributed by atoms with van der Waals surface area (Å²) in [4.78, 5) is 12.8. The number of halogens is 2. The summed E-state index contributed by atoms with van der Waals surface area (Å²) in [6.07, 6.45) is 25.5. The zero-order chi connectivity index (χ0) is 27.6. The Bertz CT molecular complexity index is 933. The number of carbonyl (C=O) groups excluding carboxylic acids is 1. The average Bonchev–Trinajstić information content (AvgIpc) is 2.96. The van der Waals surface area contributed by atoms with E-state index in [1.807, 2.05) is 19.1 Å². The highest BCUT2D eigenvalue weighted by atomic mass is 19.2. The Labute approximate surface area is 236 Å². The van der Waals surface area contributed by atoms with Crippen molar-refractivity contribution in [2.24, 2.45) is 35.5 Å². The van der Waals surface area contributed by atoms with E-state index in [1.165, 1.54) is 83.1 Å². The zero-order valence-corrected chi connectivity index (χ0v) is 24.6. The van der Waals surface area contributed by atoms with Gasteiger partial charge in [-0.1, -0.05) is 70.1 Å². The van der Waals surface area contributed by atoms with Gasteiger partial charge < -0.3 is 4.74 Å². The third kappa shape index (κ3) is 8.40. The minimum atomic E-state index is -1.04. The normalized spacial score (nSPS) is 29.3. The molecule has 0 N–H and O–H groups in total. The highest BCUT2D eigenvalue weighted by molar-refractivity contribution is 5.75. The van der Waals surface area contributed by atoms with Crippen LogP contribution in [0.4, 0.5) is 8.78 Å². The van der Waals surface area contributed by atoms with Crippen molar-refractivity contribution in [1.82, 2.24) is 0 Å². The number of hydrogen-bond acceptors (Lipinski definition) is 2. The van der Waals surface area contributed by atoms with Gasteiger partial charge in [-0.15, -0.1) is 0 Å². The van der Waals surface area contributed by atoms with E-state index < -0.39 is 17.6 Å². The Morgan fingerprint density at radius 3 is 2.26 bits per heavy atom. The SMILES string of the molecule is C/C=C/CCc1ccc(OC(=O)C2CCC(C3CCC4CC(CCCCCCC)CCC4C3)CC2)c(F)c1F. The van der Waals surface area contributed by atoms with Gasteiger partial charge in [0.25, 0.3) is 0 Å². The number of benzene rings is 1. The van der Waals surface area contributed by atoms with Gasteiger partial charge in [-0.05, 0) is 119 Å². The van der Waals surface area contributed by atoms with Crippen molar-refractivity contribution in [2.75, 3.05) is 0 Å². The van der Waals surface area contributed by atoms with Crippen LogP contribution in [0.25, 0.3) is 0 Å². The highest BCUT2D eigenvalue weighted by Gasteiger charge is 2.39. The fraction of sp³-hybridized carbons (Fsp3) is 0.743. The molecule has 0 saturated heterocycles. The summed E-state index contributed by atoms with van der Waals surface area (Å²) in [6.45, 7) is 4.19. The molecule has 3 saturated carbocycles. The summed E-state index contributed by atoms with van der Waals surface area (Å²) in [5, 5.41) is 0. The molecule has 0 radical (unpaired) electrons. The summed E-state index contributed by atoms with van der Waals surface area (Å²) in [6, 6.07) is 2.95. The van der Waals surface area contributed by atoms with Crippen LogP contribution in [0.3, 0.4) is 0 Å². The molecule has 2 nitrogen and oxygen atoms in total. The molecule has 0 amide bonds. The van der Waals surface area contributed by atoms with E-state index >= 15 is 0 Å². The van der Waals surface area contributed by atoms with Gasteiger partial charge in [0.2, 0.25) is 5.82 Å². The first-order valence-electron chi connectivity index (χ1n) is 16.3. The van der Waals surface area contributed by atoms with Crippen LogP contribution in [0.15, 0.2) is 24.3 Å². The number of ether oxygens (including phenoxy) is 1. The van der Waals surface area contributed by atoms with Crippen LogP contribution in [0, 0.1) is 47.1 Å². The molecule has 1 aromatic rings. The van der Waals surface area contributed by atoms with E-state index in [-0.39, 0.29) is 11.7 Å². The molecule has 4 rings (SSSR count). The van der Waals surface area contributed by atoms with Gasteiger partial charge in [-0.2, -0.15) is 4.39 Å². The highest BCUT2D eigenvalue weighted by Crippen LogP contribution is 2.49. The second-order valence-electron chi connectivity index (χ2n) is 13.0. The Morgan fingerprint density at radius 2 is 1.51 bits per heavy atom. The zero-order valence-electron chi connectivity index (χ0n) is 24.6. The molecule has 3 fully saturated rings. The van der Waals surface area contributed by atoms with Crippen molar-refractivity contribution in [3.8, 4) is 5.75 Å². The van der Waals surface area contributed by atoms with Crippen molar-refractivity contribution in [2.45, 2.75) is 129 Å². The largest absolute Gasteiger partial charge is 0.423 e. The third-order valence-corrected chi connectivity index (χ3v) is 10.4. The smallest absolute Gasteiger partial charge is 0.314 e. The first-order valence-corrected chi connectivity index (χ1v) is 16.3. The fourth-order valence-corrected chi connectivity index (χ4v) is 8.02. The van der Waals surface area contributed by atoms with E-state index in [9.17, 15) is 13.6 Å². The summed E-state index contributed by atoms with van der Waals surface area (Å²) in [5.74, 6) is 1.53. The molecule has 39 heavy (non-hydrogen) atoms. The summed E-state index contributed by atoms with van der Waals surface area (Å²) < 4.78 is 34.5. The standard InChI is InChI=1S/C35H52F2O2/c1-3-5-7-8-10-11-25-13-14-31-24-30(20-19-29(31)23-25)26-15-17-28(18-16-26)35(38)39-32-22-21-27(12-9-6-4-2)33(36)34(32)37/h4,6,21-22,25-26,28-31H,3,5,7-20,23-24H2,1-2H3/b6-4+. The molecule has 0 aromatic heterocycles. The first kappa shape index (κ1) is 30.3. The molecule has 4 unspecified atom stereocenters. The topological polar surface area (TPSA) is 26.3 Å². The van der Waals surface area contributed by atoms with Gasteiger partial charge in [0, 0.05) is 0 Å². The first-order chi connectivity index (χ1) is 19.0. The Balaban J connectivity index is 1.19. The van der Waals surface area contributed by atoms with E-state index in [1.54, 1.807) is 6.07 Å². The van der Waals surface area contributed by atoms with Crippen LogP contribution in [0.2, 0.25) is 0 Å². The van der Waals surface area contributed by atoms with Crippen molar-refractivity contribution in [3.05, 3.63) is 41.5 Å². The molecular formula is C35H52F2O2. The lowest BCUT2D eigenvalue weighted by Gasteiger charge is -2.45. The number of hydrogen-bond donors (Lipinski definition) is 0. The maximum Gasteiger partial charge on any atom is 0.314 e. The minimum Gasteiger partial charge on any atom is -0.423 e. The van der Waals surface area contributed by atoms with Gasteiger partial charge in [-0.3, -0.25) is 4.79 Å². The molecule has 0 heterocycles. The Hall–Kier alpha value is -1.71. The Morgan fingerprint density at radius 1 is 0.846 bits per heavy atom. The van der Waals surface area contributed by atoms with Gasteiger partial charge in [-0.25, -0.2) is 4.39 Å². The fourth-order valence-electron chi connectivity index (χ4n) is 8.02. The lowest BCUT2D eigenvalue weighted by molar-refractivity contribution is -0.140. The lowest BCUT2D eigenvalue weighted by atomic mass is 9.60. The molecule has 218 valence electrons. The third-order valence-electron chi connectivity index (χ3n) is 10.4. The quantitative estimate of drug-likeness (QED) is 0.114. The second kappa shape index (κ2) is 15.3. The number of esters is 1. The Kier molecular flexibility index (Phi) is 11.9. The van der Waals surface area contributed by atoms with Crippen LogP contribution in [-0.4, -0.2) is 5.97 Å². The number of rotatable bonds is 12. The maximum atomic E-state index is 14.6. The van der Waals surface area contributed by atoms with Crippen LogP contribution < -0.4 is 4.74 Å². The molecule has 0 aliphatic heterocycles. The van der Waals surface area contributed by atoms with Crippen molar-refractivity contribution >= 4 is 5.97 Å². The van der Waals surface area contributed by atoms with Gasteiger partial charge in [0.15, 0.2) is 11.6 Å². The van der Waals surface area contributed by atoms with E-state index in [4.69, 9.17) is 4.74 Å². The minimum absolute atomic E-state index is 0.206. The number of fused-ring (bicyclic) bond motifs is 1. The molecule has 0 bridgehead atoms. The van der Waals surface area contributed by atoms with Gasteiger partial charge >= 0.3 is 5.97 Å². The molecule has 4 atom stereocenters. The predicted molar refractivity (Wildman–Crippen MR) is 156 cm³/mol. The molecule has 3 aliphatic carbocycles. The van der Waals surface area contributed by atoms with Crippen LogP contribution in [0.5, 0.6) is 5.75 Å². The molecule has 0 spiro atoms. The van der Waals surface area contributed by atoms with E-state index in [2.05, 4.69) is 6.92 Å². The van der Waals surface area contributed by atoms with E-state index in [0.717, 1.165) is 49.4 Å². The monoisotopic (exact) mass is 542 g/mol. The summed E-state index contributed by atoms with van der Waals surface area (Å²) in [5.41, 5.74) is 0.316. The number of carbonyl (C=O) groups is 1. The molecule has 4 heteroatoms.